The topological polar surface area (TPSA) is 24.9 Å². The van der Waals surface area contributed by atoms with Crippen molar-refractivity contribution in [3.63, 3.8) is 0 Å². The Labute approximate surface area is 723 Å². The fourth-order valence-electron chi connectivity index (χ4n) is 23.1. The normalized spacial score (nSPS) is 22.5. The molecule has 0 fully saturated rings. The lowest BCUT2D eigenvalue weighted by Gasteiger charge is -2.44. The first-order valence-corrected chi connectivity index (χ1v) is 45.3. The van der Waals surface area contributed by atoms with Crippen molar-refractivity contribution in [2.24, 2.45) is 17.8 Å². The molecule has 0 saturated heterocycles. The Morgan fingerprint density at radius 3 is 1.75 bits per heavy atom. The molecule has 0 N–H and O–H groups in total. The number of benzene rings is 11. The van der Waals surface area contributed by atoms with Crippen molar-refractivity contribution in [3.05, 3.63) is 449 Å². The summed E-state index contributed by atoms with van der Waals surface area (Å²) >= 11 is 0. The summed E-state index contributed by atoms with van der Waals surface area (Å²) in [5.41, 5.74) is 32.9. The number of allylic oxidation sites excluding steroid dienone is 18. The van der Waals surface area contributed by atoms with Gasteiger partial charge in [-0.25, -0.2) is 0 Å². The van der Waals surface area contributed by atoms with Crippen molar-refractivity contribution < 1.29 is 9.47 Å². The minimum atomic E-state index is -0.584. The molecular formula is C118H110N2O2. The maximum atomic E-state index is 6.36. The molecule has 11 aromatic carbocycles. The summed E-state index contributed by atoms with van der Waals surface area (Å²) in [6, 6.07) is 103. The summed E-state index contributed by atoms with van der Waals surface area (Å²) in [5, 5.41) is 0. The molecule has 604 valence electrons. The van der Waals surface area contributed by atoms with Gasteiger partial charge in [0.15, 0.2) is 0 Å². The van der Waals surface area contributed by atoms with Crippen LogP contribution in [-0.2, 0) is 26.4 Å². The first-order valence-electron chi connectivity index (χ1n) is 45.3. The Balaban J connectivity index is 0.705. The van der Waals surface area contributed by atoms with Gasteiger partial charge in [-0.05, 0) is 266 Å². The van der Waals surface area contributed by atoms with Crippen molar-refractivity contribution in [2.75, 3.05) is 23.0 Å². The second-order valence-corrected chi connectivity index (χ2v) is 35.6. The molecule has 0 aliphatic heterocycles. The van der Waals surface area contributed by atoms with E-state index >= 15 is 0 Å². The lowest BCUT2D eigenvalue weighted by atomic mass is 9.61. The van der Waals surface area contributed by atoms with Crippen LogP contribution in [0, 0.1) is 17.8 Å². The summed E-state index contributed by atoms with van der Waals surface area (Å²) in [7, 11) is 0. The fraction of sp³-hybridized carbons (Fsp3) is 0.237. The van der Waals surface area contributed by atoms with Crippen LogP contribution < -0.4 is 14.5 Å². The average Bonchev–Trinajstić information content (AvgIpc) is 1.49. The van der Waals surface area contributed by atoms with Crippen LogP contribution >= 0.6 is 0 Å². The van der Waals surface area contributed by atoms with Crippen LogP contribution in [0.2, 0.25) is 0 Å². The van der Waals surface area contributed by atoms with E-state index in [1.165, 1.54) is 123 Å². The first kappa shape index (κ1) is 78.1. The van der Waals surface area contributed by atoms with Crippen molar-refractivity contribution in [1.29, 1.82) is 0 Å². The van der Waals surface area contributed by atoms with Gasteiger partial charge in [0.25, 0.3) is 0 Å². The summed E-state index contributed by atoms with van der Waals surface area (Å²) < 4.78 is 12.7. The number of fused-ring (bicyclic) bond motifs is 14. The third-order valence-electron chi connectivity index (χ3n) is 28.9. The summed E-state index contributed by atoms with van der Waals surface area (Å²) in [6.07, 6.45) is 54.5. The number of hydrogen-bond acceptors (Lipinski definition) is 4. The Morgan fingerprint density at radius 1 is 0.451 bits per heavy atom. The molecule has 122 heavy (non-hydrogen) atoms. The summed E-state index contributed by atoms with van der Waals surface area (Å²) in [4.78, 5) is 5.38. The Kier molecular flexibility index (Phi) is 21.4. The van der Waals surface area contributed by atoms with Gasteiger partial charge in [0.1, 0.15) is 11.5 Å². The molecule has 4 nitrogen and oxygen atoms in total. The monoisotopic (exact) mass is 1590 g/mol. The lowest BCUT2D eigenvalue weighted by molar-refractivity contribution is 0.213. The van der Waals surface area contributed by atoms with Crippen molar-refractivity contribution in [3.8, 4) is 50.3 Å². The third kappa shape index (κ3) is 13.8. The quantitative estimate of drug-likeness (QED) is 0.0345. The van der Waals surface area contributed by atoms with Gasteiger partial charge in [0.05, 0.1) is 24.7 Å². The second kappa shape index (κ2) is 33.5. The SMILES string of the molecule is C=Cc1ccc(OCCCCCCC2(c3ccccc3)c3cc(N(c4ccc(-c5ccccc5)cc4)c4ccc5c(c4)C4(C6=C(C=CCC6)C6=C4C(C)C(N(c4ccc(-c7ccccc7)cc4)c4ccc7c(c4)C(CCCCCCOC4=CCC(C=C)C=C4)(CC4=CCCC=C4)c4ccccc4-7)C=C6)c4ccccc4-5)ccc3C3(C)C=CC=CC32)cc1. The van der Waals surface area contributed by atoms with Crippen molar-refractivity contribution in [1.82, 2.24) is 0 Å². The average molecular weight is 1590 g/mol. The molecule has 0 amide bonds. The minimum absolute atomic E-state index is 0.0167. The van der Waals surface area contributed by atoms with E-state index in [2.05, 4.69) is 389 Å². The maximum Gasteiger partial charge on any atom is 0.119 e. The van der Waals surface area contributed by atoms with Crippen LogP contribution in [-0.4, -0.2) is 19.3 Å². The molecular weight excluding hydrogens is 1480 g/mol. The van der Waals surface area contributed by atoms with E-state index in [1.54, 1.807) is 0 Å². The molecule has 1 spiro atoms. The number of ether oxygens (including phenoxy) is 2. The molecule has 0 heterocycles. The van der Waals surface area contributed by atoms with Crippen LogP contribution in [0.1, 0.15) is 161 Å². The zero-order valence-electron chi connectivity index (χ0n) is 70.8. The highest BCUT2D eigenvalue weighted by molar-refractivity contribution is 5.94. The molecule has 9 aliphatic carbocycles. The van der Waals surface area contributed by atoms with Gasteiger partial charge in [-0.2, -0.15) is 0 Å². The minimum Gasteiger partial charge on any atom is -0.494 e. The number of anilines is 5. The Morgan fingerprint density at radius 2 is 1.05 bits per heavy atom. The van der Waals surface area contributed by atoms with Crippen LogP contribution in [0.15, 0.2) is 405 Å². The number of rotatable bonds is 29. The number of nitrogens with zero attached hydrogens (tertiary/aromatic N) is 2. The van der Waals surface area contributed by atoms with Gasteiger partial charge in [0, 0.05) is 56.5 Å². The summed E-state index contributed by atoms with van der Waals surface area (Å²) in [6.45, 7) is 14.5. The predicted octanol–water partition coefficient (Wildman–Crippen LogP) is 30.6. The molecule has 0 saturated carbocycles. The largest absolute Gasteiger partial charge is 0.494 e. The van der Waals surface area contributed by atoms with Gasteiger partial charge in [0.2, 0.25) is 0 Å². The maximum absolute atomic E-state index is 6.36. The standard InChI is InChI=1S/C118H110N2O2/c1-5-84-50-65-97(66-51-84)121-77-33-9-7-30-75-116(82-86-35-15-11-16-36-86)105-46-26-23-43-99(105)102-69-63-96(79-109(102)116)120(93-60-56-90(57-61-93)88-39-19-13-20-40-88)112-73-71-104-101-45-25-28-48-107(101)118(114(104)83(112)3)106-47-27-24-44-100(106)103-70-62-94(80-110(103)118)119(92-58-54-89(55-59-92)87-37-17-12-18-38-87)95-64-72-108-111(81-95)117(91-41-21-14-22-42-91,113-49-29-32-74-115(108,113)4)76-31-8-10-34-78-122-98-67-52-85(6-2)53-68-98/h5-6,12-15,17-27,29,32,35-47,49-50,52-74,79-81,83-84,112-113H,1-2,7-11,16,28,30-31,33-34,48,51,75-78,82H2,3-4H3. The molecule has 8 unspecified atom stereocenters. The Bertz CT molecular complexity index is 6120. The molecule has 0 bridgehead atoms. The van der Waals surface area contributed by atoms with Crippen molar-refractivity contribution in [2.45, 2.75) is 144 Å². The van der Waals surface area contributed by atoms with Gasteiger partial charge in [-0.15, -0.1) is 6.58 Å². The highest BCUT2D eigenvalue weighted by atomic mass is 16.5. The van der Waals surface area contributed by atoms with Crippen LogP contribution in [0.5, 0.6) is 5.75 Å². The molecule has 0 aromatic heterocycles. The third-order valence-corrected chi connectivity index (χ3v) is 28.9. The number of unbranched alkanes of at least 4 members (excludes halogenated alkanes) is 6. The van der Waals surface area contributed by atoms with E-state index in [0.29, 0.717) is 12.5 Å². The first-order chi connectivity index (χ1) is 60.2. The molecule has 8 atom stereocenters. The molecule has 0 radical (unpaired) electrons. The highest BCUT2D eigenvalue weighted by Crippen LogP contribution is 2.68. The lowest BCUT2D eigenvalue weighted by Crippen LogP contribution is -2.42. The smallest absolute Gasteiger partial charge is 0.119 e. The molecule has 4 heteroatoms. The highest BCUT2D eigenvalue weighted by Gasteiger charge is 2.59. The van der Waals surface area contributed by atoms with Crippen molar-refractivity contribution >= 4 is 34.5 Å². The Hall–Kier alpha value is -12.5. The predicted molar refractivity (Wildman–Crippen MR) is 511 cm³/mol. The van der Waals surface area contributed by atoms with E-state index < -0.39 is 5.41 Å². The molecule has 11 aromatic rings. The van der Waals surface area contributed by atoms with Crippen LogP contribution in [0.4, 0.5) is 28.4 Å². The van der Waals surface area contributed by atoms with Gasteiger partial charge in [-0.1, -0.05) is 344 Å². The fourth-order valence-corrected chi connectivity index (χ4v) is 23.1. The zero-order chi connectivity index (χ0) is 82.2. The van der Waals surface area contributed by atoms with Crippen LogP contribution in [0.25, 0.3) is 50.6 Å². The summed E-state index contributed by atoms with van der Waals surface area (Å²) in [5.74, 6) is 2.51. The molecule has 9 aliphatic rings. The van der Waals surface area contributed by atoms with E-state index in [-0.39, 0.29) is 34.1 Å². The molecule has 20 rings (SSSR count). The zero-order valence-corrected chi connectivity index (χ0v) is 70.8. The van der Waals surface area contributed by atoms with Crippen LogP contribution in [0.3, 0.4) is 0 Å². The van der Waals surface area contributed by atoms with Gasteiger partial charge >= 0.3 is 0 Å². The van der Waals surface area contributed by atoms with Gasteiger partial charge in [-0.3, -0.25) is 0 Å². The number of hydrogen-bond donors (Lipinski definition) is 0. The van der Waals surface area contributed by atoms with E-state index in [9.17, 15) is 0 Å². The second-order valence-electron chi connectivity index (χ2n) is 35.6. The van der Waals surface area contributed by atoms with Gasteiger partial charge < -0.3 is 19.3 Å². The van der Waals surface area contributed by atoms with E-state index in [4.69, 9.17) is 9.47 Å². The van der Waals surface area contributed by atoms with E-state index in [0.717, 1.165) is 143 Å². The van der Waals surface area contributed by atoms with E-state index in [1.807, 2.05) is 12.2 Å².